The summed E-state index contributed by atoms with van der Waals surface area (Å²) in [7, 11) is 1.66. The molecule has 0 saturated carbocycles. The van der Waals surface area contributed by atoms with Gasteiger partial charge in [-0.2, -0.15) is 0 Å². The van der Waals surface area contributed by atoms with Crippen LogP contribution in [0.1, 0.15) is 12.1 Å². The fraction of sp³-hybridized carbons (Fsp3) is 0.500. The topological polar surface area (TPSA) is 57.4 Å². The van der Waals surface area contributed by atoms with E-state index >= 15 is 0 Å². The Morgan fingerprint density at radius 1 is 1.40 bits per heavy atom. The van der Waals surface area contributed by atoms with Gasteiger partial charge in [-0.15, -0.1) is 0 Å². The number of halogens is 1. The second-order valence-electron chi connectivity index (χ2n) is 2.98. The lowest BCUT2D eigenvalue weighted by molar-refractivity contribution is 0.170. The first kappa shape index (κ1) is 12.2. The highest BCUT2D eigenvalue weighted by molar-refractivity contribution is 6.31. The molecule has 0 bridgehead atoms. The number of aromatic nitrogens is 1. The van der Waals surface area contributed by atoms with Gasteiger partial charge in [-0.25, -0.2) is 4.98 Å². The number of nitrogens with zero attached hydrogens (tertiary/aromatic N) is 1. The highest BCUT2D eigenvalue weighted by Gasteiger charge is 2.02. The Kier molecular flexibility index (Phi) is 5.39. The maximum Gasteiger partial charge on any atom is 0.213 e. The van der Waals surface area contributed by atoms with Crippen LogP contribution in [-0.2, 0) is 11.3 Å². The second-order valence-corrected chi connectivity index (χ2v) is 3.38. The Hall–Kier alpha value is -0.840. The Morgan fingerprint density at radius 2 is 2.20 bits per heavy atom. The normalized spacial score (nSPS) is 10.3. The third kappa shape index (κ3) is 4.03. The molecule has 1 aromatic rings. The molecule has 0 atom stereocenters. The standard InChI is InChI=1S/C10H15ClN2O2/c1-14-5-2-6-15-10-4-3-8(11)9(7-12)13-10/h3-4H,2,5-7,12H2,1H3. The van der Waals surface area contributed by atoms with E-state index in [2.05, 4.69) is 4.98 Å². The van der Waals surface area contributed by atoms with Crippen molar-refractivity contribution in [3.05, 3.63) is 22.8 Å². The molecule has 1 aromatic heterocycles. The molecule has 0 radical (unpaired) electrons. The lowest BCUT2D eigenvalue weighted by atomic mass is 10.3. The minimum Gasteiger partial charge on any atom is -0.478 e. The number of rotatable bonds is 6. The molecular weight excluding hydrogens is 216 g/mol. The molecule has 1 heterocycles. The zero-order valence-corrected chi connectivity index (χ0v) is 9.46. The van der Waals surface area contributed by atoms with Crippen LogP contribution in [-0.4, -0.2) is 25.3 Å². The van der Waals surface area contributed by atoms with Crippen molar-refractivity contribution in [1.82, 2.24) is 4.98 Å². The Bertz CT molecular complexity index is 307. The number of hydrogen-bond donors (Lipinski definition) is 1. The maximum atomic E-state index is 5.86. The molecule has 84 valence electrons. The van der Waals surface area contributed by atoms with Gasteiger partial charge in [0.15, 0.2) is 0 Å². The fourth-order valence-corrected chi connectivity index (χ4v) is 1.25. The zero-order chi connectivity index (χ0) is 11.1. The third-order valence-corrected chi connectivity index (χ3v) is 2.17. The molecule has 0 saturated heterocycles. The van der Waals surface area contributed by atoms with Gasteiger partial charge in [0.1, 0.15) is 0 Å². The van der Waals surface area contributed by atoms with Crippen LogP contribution in [0.25, 0.3) is 0 Å². The average molecular weight is 231 g/mol. The first-order chi connectivity index (χ1) is 7.27. The first-order valence-corrected chi connectivity index (χ1v) is 5.13. The van der Waals surface area contributed by atoms with Crippen molar-refractivity contribution in [2.75, 3.05) is 20.3 Å². The van der Waals surface area contributed by atoms with Gasteiger partial charge in [-0.1, -0.05) is 11.6 Å². The van der Waals surface area contributed by atoms with Gasteiger partial charge in [0.2, 0.25) is 5.88 Å². The molecule has 0 aliphatic carbocycles. The molecule has 0 fully saturated rings. The molecule has 0 amide bonds. The van der Waals surface area contributed by atoms with Gasteiger partial charge in [-0.3, -0.25) is 0 Å². The highest BCUT2D eigenvalue weighted by atomic mass is 35.5. The van der Waals surface area contributed by atoms with E-state index in [1.54, 1.807) is 19.2 Å². The summed E-state index contributed by atoms with van der Waals surface area (Å²) in [6.45, 7) is 1.57. The molecule has 0 aromatic carbocycles. The van der Waals surface area contributed by atoms with Gasteiger partial charge < -0.3 is 15.2 Å². The third-order valence-electron chi connectivity index (χ3n) is 1.83. The number of nitrogens with two attached hydrogens (primary N) is 1. The van der Waals surface area contributed by atoms with Crippen molar-refractivity contribution in [2.45, 2.75) is 13.0 Å². The van der Waals surface area contributed by atoms with Crippen LogP contribution in [0, 0.1) is 0 Å². The minimum atomic E-state index is 0.314. The predicted molar refractivity (Wildman–Crippen MR) is 59.1 cm³/mol. The van der Waals surface area contributed by atoms with Crippen molar-refractivity contribution < 1.29 is 9.47 Å². The smallest absolute Gasteiger partial charge is 0.213 e. The summed E-state index contributed by atoms with van der Waals surface area (Å²) < 4.78 is 10.3. The van der Waals surface area contributed by atoms with Crippen molar-refractivity contribution in [1.29, 1.82) is 0 Å². The Balaban J connectivity index is 2.47. The summed E-state index contributed by atoms with van der Waals surface area (Å²) in [5, 5.41) is 0.571. The van der Waals surface area contributed by atoms with Crippen molar-refractivity contribution in [2.24, 2.45) is 5.73 Å². The van der Waals surface area contributed by atoms with Crippen LogP contribution in [0.3, 0.4) is 0 Å². The summed E-state index contributed by atoms with van der Waals surface area (Å²) in [6, 6.07) is 3.47. The van der Waals surface area contributed by atoms with Crippen LogP contribution in [0.5, 0.6) is 5.88 Å². The van der Waals surface area contributed by atoms with Crippen LogP contribution >= 0.6 is 11.6 Å². The van der Waals surface area contributed by atoms with E-state index in [4.69, 9.17) is 26.8 Å². The van der Waals surface area contributed by atoms with E-state index in [0.29, 0.717) is 36.4 Å². The predicted octanol–water partition coefficient (Wildman–Crippen LogP) is 1.61. The monoisotopic (exact) mass is 230 g/mol. The van der Waals surface area contributed by atoms with E-state index < -0.39 is 0 Å². The maximum absolute atomic E-state index is 5.86. The molecule has 0 aliphatic heterocycles. The fourth-order valence-electron chi connectivity index (χ4n) is 1.07. The van der Waals surface area contributed by atoms with Crippen LogP contribution < -0.4 is 10.5 Å². The highest BCUT2D eigenvalue weighted by Crippen LogP contribution is 2.17. The zero-order valence-electron chi connectivity index (χ0n) is 8.70. The summed E-state index contributed by atoms with van der Waals surface area (Å²) in [5.41, 5.74) is 6.13. The Morgan fingerprint density at radius 3 is 2.87 bits per heavy atom. The van der Waals surface area contributed by atoms with E-state index in [-0.39, 0.29) is 0 Å². The molecule has 0 unspecified atom stereocenters. The van der Waals surface area contributed by atoms with E-state index in [0.717, 1.165) is 6.42 Å². The van der Waals surface area contributed by atoms with Crippen LogP contribution in [0.4, 0.5) is 0 Å². The van der Waals surface area contributed by atoms with Gasteiger partial charge >= 0.3 is 0 Å². The van der Waals surface area contributed by atoms with E-state index in [9.17, 15) is 0 Å². The summed E-state index contributed by atoms with van der Waals surface area (Å²) in [5.74, 6) is 0.552. The summed E-state index contributed by atoms with van der Waals surface area (Å²) >= 11 is 5.86. The van der Waals surface area contributed by atoms with Gasteiger partial charge in [0, 0.05) is 32.7 Å². The largest absolute Gasteiger partial charge is 0.478 e. The van der Waals surface area contributed by atoms with Gasteiger partial charge in [0.05, 0.1) is 17.3 Å². The molecule has 0 spiro atoms. The number of hydrogen-bond acceptors (Lipinski definition) is 4. The van der Waals surface area contributed by atoms with Crippen molar-refractivity contribution in [3.8, 4) is 5.88 Å². The molecule has 4 nitrogen and oxygen atoms in total. The molecule has 15 heavy (non-hydrogen) atoms. The molecule has 2 N–H and O–H groups in total. The Labute approximate surface area is 94.3 Å². The number of ether oxygens (including phenoxy) is 2. The van der Waals surface area contributed by atoms with E-state index in [1.807, 2.05) is 0 Å². The first-order valence-electron chi connectivity index (χ1n) is 4.75. The van der Waals surface area contributed by atoms with Gasteiger partial charge in [0.25, 0.3) is 0 Å². The van der Waals surface area contributed by atoms with E-state index in [1.165, 1.54) is 0 Å². The summed E-state index contributed by atoms with van der Waals surface area (Å²) in [6.07, 6.45) is 0.832. The molecule has 0 aliphatic rings. The minimum absolute atomic E-state index is 0.314. The second kappa shape index (κ2) is 6.61. The quantitative estimate of drug-likeness (QED) is 0.755. The lowest BCUT2D eigenvalue weighted by Gasteiger charge is -2.06. The summed E-state index contributed by atoms with van der Waals surface area (Å²) in [4.78, 5) is 4.17. The number of pyridine rings is 1. The SMILES string of the molecule is COCCCOc1ccc(Cl)c(CN)n1. The van der Waals surface area contributed by atoms with Crippen LogP contribution in [0.2, 0.25) is 5.02 Å². The van der Waals surface area contributed by atoms with Crippen molar-refractivity contribution >= 4 is 11.6 Å². The lowest BCUT2D eigenvalue weighted by Crippen LogP contribution is -2.05. The molecule has 1 rings (SSSR count). The van der Waals surface area contributed by atoms with Crippen molar-refractivity contribution in [3.63, 3.8) is 0 Å². The molecular formula is C10H15ClN2O2. The van der Waals surface area contributed by atoms with Gasteiger partial charge in [-0.05, 0) is 6.07 Å². The average Bonchev–Trinajstić information content (AvgIpc) is 2.26. The van der Waals surface area contributed by atoms with Crippen LogP contribution in [0.15, 0.2) is 12.1 Å². The number of methoxy groups -OCH3 is 1. The molecule has 5 heteroatoms.